The number of amides is 1. The fraction of sp³-hybridized carbons (Fsp3) is 0.682. The molecule has 0 aromatic heterocycles. The van der Waals surface area contributed by atoms with Crippen LogP contribution in [-0.2, 0) is 9.53 Å². The van der Waals surface area contributed by atoms with Crippen molar-refractivity contribution < 1.29 is 13.9 Å². The highest BCUT2D eigenvalue weighted by Crippen LogP contribution is 2.25. The summed E-state index contributed by atoms with van der Waals surface area (Å²) in [4.78, 5) is 16.7. The van der Waals surface area contributed by atoms with Crippen molar-refractivity contribution >= 4 is 11.6 Å². The Balaban J connectivity index is 1.51. The van der Waals surface area contributed by atoms with Crippen LogP contribution >= 0.6 is 0 Å². The van der Waals surface area contributed by atoms with Crippen molar-refractivity contribution in [1.82, 2.24) is 4.90 Å². The maximum absolute atomic E-state index is 14.0. The molecule has 1 aromatic rings. The average molecular weight is 392 g/mol. The quantitative estimate of drug-likeness (QED) is 0.809. The van der Waals surface area contributed by atoms with Gasteiger partial charge in [0.1, 0.15) is 5.82 Å². The number of ether oxygens (including phenoxy) is 1. The maximum atomic E-state index is 14.0. The highest BCUT2D eigenvalue weighted by atomic mass is 19.1. The summed E-state index contributed by atoms with van der Waals surface area (Å²) >= 11 is 0. The predicted octanol–water partition coefficient (Wildman–Crippen LogP) is 3.18. The zero-order valence-electron chi connectivity index (χ0n) is 17.1. The number of nitrogens with zero attached hydrogens (tertiary/aromatic N) is 2. The molecule has 2 aliphatic heterocycles. The molecule has 2 fully saturated rings. The van der Waals surface area contributed by atoms with E-state index < -0.39 is 0 Å². The predicted molar refractivity (Wildman–Crippen MR) is 110 cm³/mol. The summed E-state index contributed by atoms with van der Waals surface area (Å²) in [7, 11) is 0. The van der Waals surface area contributed by atoms with E-state index in [2.05, 4.69) is 18.7 Å². The van der Waals surface area contributed by atoms with Crippen LogP contribution in [-0.4, -0.2) is 55.2 Å². The van der Waals surface area contributed by atoms with Crippen LogP contribution in [0.3, 0.4) is 0 Å². The molecule has 0 saturated carbocycles. The van der Waals surface area contributed by atoms with Crippen molar-refractivity contribution in [2.24, 2.45) is 11.7 Å². The first-order chi connectivity index (χ1) is 13.5. The molecule has 156 valence electrons. The van der Waals surface area contributed by atoms with Gasteiger partial charge in [-0.2, -0.15) is 0 Å². The number of benzene rings is 1. The number of hydrogen-bond donors (Lipinski definition) is 1. The summed E-state index contributed by atoms with van der Waals surface area (Å²) in [5.41, 5.74) is 7.01. The van der Waals surface area contributed by atoms with E-state index in [0.717, 1.165) is 45.3 Å². The Morgan fingerprint density at radius 3 is 2.61 bits per heavy atom. The molecule has 0 radical (unpaired) electrons. The van der Waals surface area contributed by atoms with Gasteiger partial charge in [0.25, 0.3) is 0 Å². The molecule has 28 heavy (non-hydrogen) atoms. The van der Waals surface area contributed by atoms with Gasteiger partial charge in [0.05, 0.1) is 24.4 Å². The third-order valence-electron chi connectivity index (χ3n) is 5.87. The lowest BCUT2D eigenvalue weighted by Crippen LogP contribution is -2.57. The highest BCUT2D eigenvalue weighted by Gasteiger charge is 2.33. The van der Waals surface area contributed by atoms with Crippen molar-refractivity contribution in [3.05, 3.63) is 30.1 Å². The van der Waals surface area contributed by atoms with Crippen LogP contribution in [0.5, 0.6) is 0 Å². The van der Waals surface area contributed by atoms with E-state index in [1.54, 1.807) is 6.07 Å². The lowest BCUT2D eigenvalue weighted by molar-refractivity contribution is -0.139. The molecule has 2 aliphatic rings. The molecular weight excluding hydrogens is 357 g/mol. The van der Waals surface area contributed by atoms with Gasteiger partial charge in [-0.3, -0.25) is 4.79 Å². The molecule has 0 bridgehead atoms. The molecule has 2 atom stereocenters. The maximum Gasteiger partial charge on any atom is 0.223 e. The second-order valence-electron chi connectivity index (χ2n) is 8.53. The van der Waals surface area contributed by atoms with Crippen LogP contribution < -0.4 is 10.6 Å². The van der Waals surface area contributed by atoms with Crippen LogP contribution in [0.15, 0.2) is 24.3 Å². The van der Waals surface area contributed by atoms with E-state index in [-0.39, 0.29) is 29.9 Å². The Morgan fingerprint density at radius 1 is 1.21 bits per heavy atom. The van der Waals surface area contributed by atoms with E-state index in [4.69, 9.17) is 10.5 Å². The standard InChI is InChI=1S/C22H34FN3O2/c1-16(2)14-22(27)26-11-5-7-19(24)21(26)15-28-17-9-12-25(13-10-17)20-8-4-3-6-18(20)23/h3-4,6,8,16-17,19,21H,5,7,9-15,24H2,1-2H3/t19-,21-/m0/s1. The highest BCUT2D eigenvalue weighted by molar-refractivity contribution is 5.77. The van der Waals surface area contributed by atoms with Gasteiger partial charge in [-0.05, 0) is 43.7 Å². The molecule has 3 rings (SSSR count). The first-order valence-electron chi connectivity index (χ1n) is 10.6. The average Bonchev–Trinajstić information content (AvgIpc) is 2.67. The number of nitrogens with two attached hydrogens (primary N) is 1. The van der Waals surface area contributed by atoms with E-state index in [1.807, 2.05) is 17.0 Å². The smallest absolute Gasteiger partial charge is 0.223 e. The Hall–Kier alpha value is -1.66. The Labute approximate surface area is 168 Å². The minimum absolute atomic E-state index is 0.0247. The third-order valence-corrected chi connectivity index (χ3v) is 5.87. The number of halogens is 1. The number of hydrogen-bond acceptors (Lipinski definition) is 4. The van der Waals surface area contributed by atoms with E-state index in [9.17, 15) is 9.18 Å². The van der Waals surface area contributed by atoms with Crippen molar-refractivity contribution in [2.75, 3.05) is 31.1 Å². The number of para-hydroxylation sites is 1. The Kier molecular flexibility index (Phi) is 7.30. The Morgan fingerprint density at radius 2 is 1.93 bits per heavy atom. The van der Waals surface area contributed by atoms with Crippen LogP contribution in [0.25, 0.3) is 0 Å². The first-order valence-corrected chi connectivity index (χ1v) is 10.6. The first kappa shape index (κ1) is 21.1. The van der Waals surface area contributed by atoms with Gasteiger partial charge in [0.2, 0.25) is 5.91 Å². The summed E-state index contributed by atoms with van der Waals surface area (Å²) in [6.45, 7) is 6.96. The SMILES string of the molecule is CC(C)CC(=O)N1CCC[C@H](N)[C@@H]1COC1CCN(c2ccccc2F)CC1. The molecular formula is C22H34FN3O2. The number of carbonyl (C=O) groups is 1. The number of carbonyl (C=O) groups excluding carboxylic acids is 1. The van der Waals surface area contributed by atoms with E-state index >= 15 is 0 Å². The van der Waals surface area contributed by atoms with Crippen molar-refractivity contribution in [1.29, 1.82) is 0 Å². The molecule has 2 heterocycles. The second-order valence-corrected chi connectivity index (χ2v) is 8.53. The molecule has 0 unspecified atom stereocenters. The monoisotopic (exact) mass is 391 g/mol. The number of rotatable bonds is 6. The summed E-state index contributed by atoms with van der Waals surface area (Å²) in [6.07, 6.45) is 4.31. The van der Waals surface area contributed by atoms with Crippen molar-refractivity contribution in [3.63, 3.8) is 0 Å². The van der Waals surface area contributed by atoms with Gasteiger partial charge in [0, 0.05) is 32.1 Å². The van der Waals surface area contributed by atoms with Gasteiger partial charge in [0.15, 0.2) is 0 Å². The van der Waals surface area contributed by atoms with Crippen LogP contribution in [0.4, 0.5) is 10.1 Å². The van der Waals surface area contributed by atoms with Gasteiger partial charge < -0.3 is 20.3 Å². The van der Waals surface area contributed by atoms with Crippen molar-refractivity contribution in [3.8, 4) is 0 Å². The van der Waals surface area contributed by atoms with E-state index in [0.29, 0.717) is 24.6 Å². The van der Waals surface area contributed by atoms with Gasteiger partial charge in [-0.25, -0.2) is 4.39 Å². The number of piperidine rings is 2. The van der Waals surface area contributed by atoms with Crippen LogP contribution in [0.1, 0.15) is 46.0 Å². The molecule has 2 N–H and O–H groups in total. The fourth-order valence-electron chi connectivity index (χ4n) is 4.28. The third kappa shape index (κ3) is 5.23. The molecule has 6 heteroatoms. The number of likely N-dealkylation sites (tertiary alicyclic amines) is 1. The summed E-state index contributed by atoms with van der Waals surface area (Å²) < 4.78 is 20.2. The van der Waals surface area contributed by atoms with Crippen LogP contribution in [0.2, 0.25) is 0 Å². The van der Waals surface area contributed by atoms with Crippen molar-refractivity contribution in [2.45, 2.75) is 64.1 Å². The Bertz CT molecular complexity index is 646. The zero-order chi connectivity index (χ0) is 20.1. The van der Waals surface area contributed by atoms with Gasteiger partial charge in [-0.15, -0.1) is 0 Å². The minimum Gasteiger partial charge on any atom is -0.376 e. The fourth-order valence-corrected chi connectivity index (χ4v) is 4.28. The molecule has 0 aliphatic carbocycles. The normalized spacial score (nSPS) is 24.0. The van der Waals surface area contributed by atoms with Gasteiger partial charge in [-0.1, -0.05) is 26.0 Å². The topological polar surface area (TPSA) is 58.8 Å². The van der Waals surface area contributed by atoms with E-state index in [1.165, 1.54) is 6.07 Å². The molecule has 1 aromatic carbocycles. The summed E-state index contributed by atoms with van der Waals surface area (Å²) in [6, 6.07) is 6.86. The molecule has 1 amide bonds. The largest absolute Gasteiger partial charge is 0.376 e. The molecule has 5 nitrogen and oxygen atoms in total. The zero-order valence-corrected chi connectivity index (χ0v) is 17.1. The lowest BCUT2D eigenvalue weighted by atomic mass is 9.96. The van der Waals surface area contributed by atoms with Crippen LogP contribution in [0, 0.1) is 11.7 Å². The summed E-state index contributed by atoms with van der Waals surface area (Å²) in [5, 5.41) is 0. The lowest BCUT2D eigenvalue weighted by Gasteiger charge is -2.41. The summed E-state index contributed by atoms with van der Waals surface area (Å²) in [5.74, 6) is 0.359. The van der Waals surface area contributed by atoms with Gasteiger partial charge >= 0.3 is 0 Å². The number of anilines is 1. The minimum atomic E-state index is -0.172. The molecule has 0 spiro atoms. The second kappa shape index (κ2) is 9.70. The molecule has 2 saturated heterocycles.